The van der Waals surface area contributed by atoms with Crippen molar-refractivity contribution in [3.05, 3.63) is 0 Å². The van der Waals surface area contributed by atoms with Crippen molar-refractivity contribution < 1.29 is 14.6 Å². The molecule has 0 radical (unpaired) electrons. The summed E-state index contributed by atoms with van der Waals surface area (Å²) in [4.78, 5) is 12.0. The molecule has 1 N–H and O–H groups in total. The van der Waals surface area contributed by atoms with E-state index in [-0.39, 0.29) is 11.9 Å². The maximum absolute atomic E-state index is 12.0. The molecule has 0 aromatic carbocycles. The van der Waals surface area contributed by atoms with Crippen LogP contribution in [-0.4, -0.2) is 23.3 Å². The molecular weight excluding hydrogens is 240 g/mol. The predicted octanol–water partition coefficient (Wildman–Crippen LogP) is 3.44. The molecule has 0 aliphatic heterocycles. The van der Waals surface area contributed by atoms with Gasteiger partial charge >= 0.3 is 5.97 Å². The highest BCUT2D eigenvalue weighted by atomic mass is 16.5. The lowest BCUT2D eigenvalue weighted by Gasteiger charge is -2.45. The van der Waals surface area contributed by atoms with Crippen molar-refractivity contribution in [2.24, 2.45) is 11.3 Å². The monoisotopic (exact) mass is 268 g/mol. The normalized spacial score (nSPS) is 26.3. The molecule has 0 aromatic rings. The topological polar surface area (TPSA) is 46.5 Å². The van der Waals surface area contributed by atoms with Crippen molar-refractivity contribution in [3.8, 4) is 0 Å². The van der Waals surface area contributed by atoms with Crippen LogP contribution in [0.2, 0.25) is 0 Å². The van der Waals surface area contributed by atoms with Gasteiger partial charge in [-0.05, 0) is 57.3 Å². The second-order valence-electron chi connectivity index (χ2n) is 6.52. The molecule has 3 nitrogen and oxygen atoms in total. The lowest BCUT2D eigenvalue weighted by Crippen LogP contribution is -2.47. The van der Waals surface area contributed by atoms with Gasteiger partial charge in [0.25, 0.3) is 0 Å². The van der Waals surface area contributed by atoms with Crippen molar-refractivity contribution in [1.82, 2.24) is 0 Å². The van der Waals surface area contributed by atoms with Crippen LogP contribution in [-0.2, 0) is 9.53 Å². The molecule has 19 heavy (non-hydrogen) atoms. The summed E-state index contributed by atoms with van der Waals surface area (Å²) in [5.74, 6) is -0.555. The minimum Gasteiger partial charge on any atom is -0.466 e. The molecule has 1 unspecified atom stereocenters. The standard InChI is InChI=1S/C16H28O3/c1-3-13(14(17)19-4-2)16(18)11-9-15(10-12-16)7-5-6-8-15/h13,18H,3-12H2,1-2H3. The van der Waals surface area contributed by atoms with E-state index < -0.39 is 5.60 Å². The van der Waals surface area contributed by atoms with E-state index in [2.05, 4.69) is 0 Å². The van der Waals surface area contributed by atoms with Crippen molar-refractivity contribution >= 4 is 5.97 Å². The Balaban J connectivity index is 2.00. The first-order valence-electron chi connectivity index (χ1n) is 7.94. The number of carbonyl (C=O) groups is 1. The summed E-state index contributed by atoms with van der Waals surface area (Å²) in [5, 5.41) is 10.9. The Morgan fingerprint density at radius 2 is 1.68 bits per heavy atom. The molecule has 0 aromatic heterocycles. The summed E-state index contributed by atoms with van der Waals surface area (Å²) in [6.45, 7) is 4.19. The van der Waals surface area contributed by atoms with Crippen molar-refractivity contribution in [2.75, 3.05) is 6.61 Å². The highest BCUT2D eigenvalue weighted by Crippen LogP contribution is 2.53. The maximum Gasteiger partial charge on any atom is 0.311 e. The lowest BCUT2D eigenvalue weighted by molar-refractivity contribution is -0.163. The first kappa shape index (κ1) is 14.8. The number of ether oxygens (including phenoxy) is 1. The minimum atomic E-state index is -0.825. The van der Waals surface area contributed by atoms with Crippen molar-refractivity contribution in [2.45, 2.75) is 77.2 Å². The summed E-state index contributed by atoms with van der Waals surface area (Å²) < 4.78 is 5.13. The molecule has 0 amide bonds. The zero-order chi connectivity index (χ0) is 13.9. The van der Waals surface area contributed by atoms with E-state index in [0.29, 0.717) is 18.4 Å². The van der Waals surface area contributed by atoms with Crippen LogP contribution in [0.25, 0.3) is 0 Å². The average Bonchev–Trinajstić information content (AvgIpc) is 2.84. The third kappa shape index (κ3) is 2.96. The lowest BCUT2D eigenvalue weighted by atomic mass is 9.64. The molecule has 110 valence electrons. The third-order valence-electron chi connectivity index (χ3n) is 5.47. The summed E-state index contributed by atoms with van der Waals surface area (Å²) in [6, 6.07) is 0. The van der Waals surface area contributed by atoms with Gasteiger partial charge in [0.2, 0.25) is 0 Å². The fraction of sp³-hybridized carbons (Fsp3) is 0.938. The third-order valence-corrected chi connectivity index (χ3v) is 5.47. The van der Waals surface area contributed by atoms with Crippen LogP contribution in [0.3, 0.4) is 0 Å². The van der Waals surface area contributed by atoms with Gasteiger partial charge in [-0.15, -0.1) is 0 Å². The van der Waals surface area contributed by atoms with Crippen LogP contribution < -0.4 is 0 Å². The van der Waals surface area contributed by atoms with Crippen LogP contribution in [0.4, 0.5) is 0 Å². The molecule has 0 saturated heterocycles. The Labute approximate surface area is 116 Å². The zero-order valence-electron chi connectivity index (χ0n) is 12.4. The van der Waals surface area contributed by atoms with Gasteiger partial charge in [-0.25, -0.2) is 0 Å². The molecule has 2 saturated carbocycles. The van der Waals surface area contributed by atoms with E-state index in [0.717, 1.165) is 25.7 Å². The van der Waals surface area contributed by atoms with Gasteiger partial charge in [0.1, 0.15) is 0 Å². The molecule has 2 aliphatic rings. The Morgan fingerprint density at radius 3 is 2.16 bits per heavy atom. The Bertz CT molecular complexity index is 308. The maximum atomic E-state index is 12.0. The Kier molecular flexibility index (Phi) is 4.54. The minimum absolute atomic E-state index is 0.213. The largest absolute Gasteiger partial charge is 0.466 e. The number of hydrogen-bond donors (Lipinski definition) is 1. The fourth-order valence-electron chi connectivity index (χ4n) is 4.20. The quantitative estimate of drug-likeness (QED) is 0.794. The fourth-order valence-corrected chi connectivity index (χ4v) is 4.20. The van der Waals surface area contributed by atoms with Crippen molar-refractivity contribution in [3.63, 3.8) is 0 Å². The zero-order valence-corrected chi connectivity index (χ0v) is 12.4. The number of carbonyl (C=O) groups excluding carboxylic acids is 1. The summed E-state index contributed by atoms with van der Waals surface area (Å²) in [6.07, 6.45) is 9.69. The van der Waals surface area contributed by atoms with Crippen LogP contribution in [0.1, 0.15) is 71.6 Å². The number of hydrogen-bond acceptors (Lipinski definition) is 3. The van der Waals surface area contributed by atoms with E-state index in [1.54, 1.807) is 0 Å². The summed E-state index contributed by atoms with van der Waals surface area (Å²) >= 11 is 0. The van der Waals surface area contributed by atoms with Crippen molar-refractivity contribution in [1.29, 1.82) is 0 Å². The van der Waals surface area contributed by atoms with E-state index in [4.69, 9.17) is 4.74 Å². The molecule has 1 spiro atoms. The highest BCUT2D eigenvalue weighted by molar-refractivity contribution is 5.73. The van der Waals surface area contributed by atoms with Gasteiger partial charge < -0.3 is 9.84 Å². The second kappa shape index (κ2) is 5.82. The Morgan fingerprint density at radius 1 is 1.11 bits per heavy atom. The van der Waals surface area contributed by atoms with Gasteiger partial charge in [0.05, 0.1) is 18.1 Å². The van der Waals surface area contributed by atoms with Gasteiger partial charge in [-0.1, -0.05) is 19.8 Å². The molecule has 0 heterocycles. The SMILES string of the molecule is CCOC(=O)C(CC)C1(O)CCC2(CCCC2)CC1. The molecule has 0 bridgehead atoms. The predicted molar refractivity (Wildman–Crippen MR) is 74.7 cm³/mol. The van der Waals surface area contributed by atoms with Gasteiger partial charge in [0.15, 0.2) is 0 Å². The van der Waals surface area contributed by atoms with E-state index in [1.165, 1.54) is 25.7 Å². The first-order valence-corrected chi connectivity index (χ1v) is 7.94. The summed E-state index contributed by atoms with van der Waals surface area (Å²) in [5.41, 5.74) is -0.339. The molecule has 2 rings (SSSR count). The molecule has 2 aliphatic carbocycles. The van der Waals surface area contributed by atoms with E-state index in [9.17, 15) is 9.90 Å². The van der Waals surface area contributed by atoms with Crippen LogP contribution >= 0.6 is 0 Å². The van der Waals surface area contributed by atoms with E-state index >= 15 is 0 Å². The average molecular weight is 268 g/mol. The van der Waals surface area contributed by atoms with Crippen LogP contribution in [0.15, 0.2) is 0 Å². The molecule has 2 fully saturated rings. The highest BCUT2D eigenvalue weighted by Gasteiger charge is 2.48. The van der Waals surface area contributed by atoms with Gasteiger partial charge in [-0.2, -0.15) is 0 Å². The number of rotatable bonds is 4. The second-order valence-corrected chi connectivity index (χ2v) is 6.52. The van der Waals surface area contributed by atoms with E-state index in [1.807, 2.05) is 13.8 Å². The first-order chi connectivity index (χ1) is 9.05. The molecule has 3 heteroatoms. The molecule has 1 atom stereocenters. The Hall–Kier alpha value is -0.570. The molecular formula is C16H28O3. The smallest absolute Gasteiger partial charge is 0.311 e. The van der Waals surface area contributed by atoms with Gasteiger partial charge in [-0.3, -0.25) is 4.79 Å². The summed E-state index contributed by atoms with van der Waals surface area (Å²) in [7, 11) is 0. The number of aliphatic hydroxyl groups is 1. The van der Waals surface area contributed by atoms with Crippen LogP contribution in [0.5, 0.6) is 0 Å². The van der Waals surface area contributed by atoms with Crippen LogP contribution in [0, 0.1) is 11.3 Å². The number of esters is 1. The van der Waals surface area contributed by atoms with Gasteiger partial charge in [0, 0.05) is 0 Å².